The van der Waals surface area contributed by atoms with Crippen molar-refractivity contribution in [2.24, 2.45) is 0 Å². The van der Waals surface area contributed by atoms with E-state index in [2.05, 4.69) is 12.2 Å². The molecule has 0 heterocycles. The third kappa shape index (κ3) is 6.31. The molecule has 0 unspecified atom stereocenters. The molecule has 0 aliphatic rings. The van der Waals surface area contributed by atoms with E-state index >= 15 is 0 Å². The molecule has 0 rings (SSSR count). The molecule has 0 aromatic carbocycles. The summed E-state index contributed by atoms with van der Waals surface area (Å²) < 4.78 is 0. The zero-order chi connectivity index (χ0) is 6.24. The number of hydrogen-bond donors (Lipinski definition) is 1. The van der Waals surface area contributed by atoms with Crippen molar-refractivity contribution in [2.45, 2.75) is 19.8 Å². The Morgan fingerprint density at radius 1 is 1.38 bits per heavy atom. The van der Waals surface area contributed by atoms with Crippen LogP contribution in [0.25, 0.3) is 0 Å². The van der Waals surface area contributed by atoms with Crippen LogP contribution in [-0.2, 0) is 0 Å². The van der Waals surface area contributed by atoms with Gasteiger partial charge in [0.2, 0.25) is 0 Å². The average molecular weight is 132 g/mol. The highest BCUT2D eigenvalue weighted by Gasteiger charge is 1.81. The summed E-state index contributed by atoms with van der Waals surface area (Å²) in [5.74, 6) is 0.886. The Labute approximate surface area is 57.3 Å². The molecule has 0 spiro atoms. The topological polar surface area (TPSA) is 12.0 Å². The number of nitrogens with one attached hydrogen (secondary N) is 1. The predicted octanol–water partition coefficient (Wildman–Crippen LogP) is 1.57. The van der Waals surface area contributed by atoms with E-state index in [1.165, 1.54) is 6.42 Å². The zero-order valence-corrected chi connectivity index (χ0v) is 6.26. The van der Waals surface area contributed by atoms with Crippen molar-refractivity contribution in [1.29, 1.82) is 0 Å². The van der Waals surface area contributed by atoms with Gasteiger partial charge in [0, 0.05) is 5.75 Å². The average Bonchev–Trinajstić information content (AvgIpc) is 1.81. The highest BCUT2D eigenvalue weighted by molar-refractivity contribution is 7.80. The number of hydrogen-bond acceptors (Lipinski definition) is 1. The second-order valence-electron chi connectivity index (χ2n) is 1.81. The minimum Gasteiger partial charge on any atom is -0.317 e. The van der Waals surface area contributed by atoms with Crippen LogP contribution in [0.3, 0.4) is 0 Å². The molecular weight excluding hydrogens is 118 g/mol. The molecule has 0 fully saturated rings. The van der Waals surface area contributed by atoms with Crippen LogP contribution in [-0.4, -0.2) is 18.8 Å². The van der Waals surface area contributed by atoms with Crippen LogP contribution in [0.15, 0.2) is 0 Å². The first kappa shape index (κ1) is 8.31. The molecule has 0 bridgehead atoms. The van der Waals surface area contributed by atoms with Crippen molar-refractivity contribution in [3.05, 3.63) is 0 Å². The summed E-state index contributed by atoms with van der Waals surface area (Å²) in [6.45, 7) is 4.40. The maximum absolute atomic E-state index is 4.76. The fourth-order valence-corrected chi connectivity index (χ4v) is 0.643. The van der Waals surface area contributed by atoms with Crippen LogP contribution >= 0.6 is 12.6 Å². The molecule has 8 heavy (non-hydrogen) atoms. The summed E-state index contributed by atoms with van der Waals surface area (Å²) in [7, 11) is 0. The molecular formula is C6H14NS. The third-order valence-electron chi connectivity index (χ3n) is 0.925. The summed E-state index contributed by atoms with van der Waals surface area (Å²) in [4.78, 5) is 0. The maximum Gasteiger partial charge on any atom is 0.00490 e. The van der Waals surface area contributed by atoms with E-state index in [1.807, 2.05) is 0 Å². The number of rotatable bonds is 5. The molecule has 1 radical (unpaired) electrons. The van der Waals surface area contributed by atoms with Crippen molar-refractivity contribution in [3.8, 4) is 0 Å². The van der Waals surface area contributed by atoms with Gasteiger partial charge < -0.3 is 5.32 Å². The molecule has 1 N–H and O–H groups in total. The van der Waals surface area contributed by atoms with Gasteiger partial charge in [0.05, 0.1) is 0 Å². The summed E-state index contributed by atoms with van der Waals surface area (Å²) in [5.41, 5.74) is 0. The molecule has 0 saturated carbocycles. The highest BCUT2D eigenvalue weighted by atomic mass is 32.1. The first-order chi connectivity index (χ1) is 3.91. The molecule has 0 aromatic heterocycles. The fourth-order valence-electron chi connectivity index (χ4n) is 0.499. The Morgan fingerprint density at radius 2 is 2.12 bits per heavy atom. The lowest BCUT2D eigenvalue weighted by Crippen LogP contribution is -2.15. The van der Waals surface area contributed by atoms with Crippen molar-refractivity contribution in [1.82, 2.24) is 5.32 Å². The van der Waals surface area contributed by atoms with Gasteiger partial charge in [-0.25, -0.2) is 0 Å². The van der Waals surface area contributed by atoms with Gasteiger partial charge in [-0.05, 0) is 25.9 Å². The Kier molecular flexibility index (Phi) is 7.59. The molecule has 0 aromatic rings. The van der Waals surface area contributed by atoms with Gasteiger partial charge in [-0.3, -0.25) is 0 Å². The molecule has 0 saturated heterocycles. The molecule has 49 valence electrons. The quantitative estimate of drug-likeness (QED) is 0.560. The minimum atomic E-state index is 0.886. The lowest BCUT2D eigenvalue weighted by molar-refractivity contribution is 0.665. The normalized spacial score (nSPS) is 9.75. The van der Waals surface area contributed by atoms with Gasteiger partial charge in [-0.15, -0.1) is 0 Å². The van der Waals surface area contributed by atoms with Crippen molar-refractivity contribution in [3.63, 3.8) is 0 Å². The summed E-state index contributed by atoms with van der Waals surface area (Å²) >= 11 is 4.76. The molecule has 0 aliphatic heterocycles. The first-order valence-electron chi connectivity index (χ1n) is 3.20. The van der Waals surface area contributed by atoms with Crippen LogP contribution in [0.5, 0.6) is 0 Å². The van der Waals surface area contributed by atoms with Crippen molar-refractivity contribution >= 4 is 12.6 Å². The molecule has 0 aliphatic carbocycles. The maximum atomic E-state index is 4.76. The van der Waals surface area contributed by atoms with E-state index in [-0.39, 0.29) is 0 Å². The van der Waals surface area contributed by atoms with E-state index in [1.54, 1.807) is 0 Å². The summed E-state index contributed by atoms with van der Waals surface area (Å²) in [5, 5.41) is 3.27. The minimum absolute atomic E-state index is 0.886. The Balaban J connectivity index is 2.53. The van der Waals surface area contributed by atoms with Crippen LogP contribution in [0.4, 0.5) is 0 Å². The van der Waals surface area contributed by atoms with Crippen LogP contribution in [0.1, 0.15) is 19.8 Å². The van der Waals surface area contributed by atoms with E-state index in [0.29, 0.717) is 0 Å². The van der Waals surface area contributed by atoms with Gasteiger partial charge in [0.1, 0.15) is 0 Å². The second-order valence-corrected chi connectivity index (χ2v) is 2.22. The van der Waals surface area contributed by atoms with Crippen LogP contribution < -0.4 is 5.32 Å². The Bertz CT molecular complexity index is 33.5. The van der Waals surface area contributed by atoms with E-state index in [9.17, 15) is 0 Å². The summed E-state index contributed by atoms with van der Waals surface area (Å²) in [6.07, 6.45) is 2.35. The van der Waals surface area contributed by atoms with Gasteiger partial charge in [-0.1, -0.05) is 19.6 Å². The third-order valence-corrected chi connectivity index (χ3v) is 1.21. The second kappa shape index (κ2) is 7.31. The van der Waals surface area contributed by atoms with Gasteiger partial charge >= 0.3 is 0 Å². The van der Waals surface area contributed by atoms with Gasteiger partial charge in [-0.2, -0.15) is 0 Å². The SMILES string of the molecule is CCCNCCC[S]. The zero-order valence-electron chi connectivity index (χ0n) is 5.44. The lowest BCUT2D eigenvalue weighted by Gasteiger charge is -1.97. The van der Waals surface area contributed by atoms with Crippen LogP contribution in [0, 0.1) is 0 Å². The standard InChI is InChI=1S/C6H14NS/c1-2-4-7-5-3-6-8/h7H,2-6H2,1H3. The Hall–Kier alpha value is 0.310. The van der Waals surface area contributed by atoms with Crippen LogP contribution in [0.2, 0.25) is 0 Å². The fraction of sp³-hybridized carbons (Fsp3) is 1.00. The van der Waals surface area contributed by atoms with Gasteiger partial charge in [0.25, 0.3) is 0 Å². The Morgan fingerprint density at radius 3 is 2.62 bits per heavy atom. The molecule has 0 amide bonds. The van der Waals surface area contributed by atoms with E-state index in [4.69, 9.17) is 12.6 Å². The largest absolute Gasteiger partial charge is 0.317 e. The lowest BCUT2D eigenvalue weighted by atomic mass is 10.4. The monoisotopic (exact) mass is 132 g/mol. The van der Waals surface area contributed by atoms with Crippen molar-refractivity contribution < 1.29 is 0 Å². The van der Waals surface area contributed by atoms with Gasteiger partial charge in [0.15, 0.2) is 0 Å². The smallest absolute Gasteiger partial charge is 0.00490 e. The van der Waals surface area contributed by atoms with E-state index < -0.39 is 0 Å². The van der Waals surface area contributed by atoms with Crippen molar-refractivity contribution in [2.75, 3.05) is 18.8 Å². The molecule has 2 heteroatoms. The van der Waals surface area contributed by atoms with E-state index in [0.717, 1.165) is 25.3 Å². The highest BCUT2D eigenvalue weighted by Crippen LogP contribution is 1.79. The molecule has 0 atom stereocenters. The predicted molar refractivity (Wildman–Crippen MR) is 40.2 cm³/mol. The summed E-state index contributed by atoms with van der Waals surface area (Å²) in [6, 6.07) is 0. The molecule has 1 nitrogen and oxygen atoms in total. The first-order valence-corrected chi connectivity index (χ1v) is 3.78.